The summed E-state index contributed by atoms with van der Waals surface area (Å²) in [6.07, 6.45) is 13.3. The maximum absolute atomic E-state index is 13.7. The molecule has 2 fully saturated rings. The Kier molecular flexibility index (Phi) is 10.4. The third-order valence-electron chi connectivity index (χ3n) is 10.6. The van der Waals surface area contributed by atoms with Crippen LogP contribution in [0.15, 0.2) is 36.4 Å². The summed E-state index contributed by atoms with van der Waals surface area (Å²) in [7, 11) is 3.42. The van der Waals surface area contributed by atoms with Crippen LogP contribution < -0.4 is 28.7 Å². The molecule has 5 aliphatic rings. The number of allylic oxidation sites excluding steroid dienone is 2. The van der Waals surface area contributed by atoms with Crippen molar-refractivity contribution >= 4 is 35.0 Å². The van der Waals surface area contributed by atoms with Crippen molar-refractivity contribution in [3.05, 3.63) is 47.5 Å². The van der Waals surface area contributed by atoms with Gasteiger partial charge in [0.05, 0.1) is 48.9 Å². The summed E-state index contributed by atoms with van der Waals surface area (Å²) in [5, 5.41) is 0. The van der Waals surface area contributed by atoms with Crippen LogP contribution in [-0.2, 0) is 9.59 Å². The number of likely N-dealkylation sites (N-methyl/N-ethyl adjacent to an activating group) is 2. The Bertz CT molecular complexity index is 1590. The number of nitrogens with zero attached hydrogens (tertiary/aromatic N) is 4. The Labute approximate surface area is 299 Å². The number of anilines is 2. The fourth-order valence-corrected chi connectivity index (χ4v) is 7.73. The summed E-state index contributed by atoms with van der Waals surface area (Å²) >= 11 is 0. The summed E-state index contributed by atoms with van der Waals surface area (Å²) in [4.78, 5) is 60.5. The standard InChI is InChI=1S/C39H48N4O8/c1-40-30-24-34-32(22-26(30)36(44)42-16-11-14-28(42)38(40)46)48-18-9-7-5-3-4-6-8-10-19-49-33-23-27-31(25-35(33)51-21-13-20-50-34)41(2)39(47)29-15-12-17-43(29)37(27)45/h3-4,22-25,28-29H,5-21H2,1-2H3/b4-3+/t28-,29?/m0/s1. The predicted molar refractivity (Wildman–Crippen MR) is 191 cm³/mol. The monoisotopic (exact) mass is 700 g/mol. The quantitative estimate of drug-likeness (QED) is 0.337. The molecule has 0 aromatic heterocycles. The number of fused-ring (bicyclic) bond motifs is 6. The second-order valence-corrected chi connectivity index (χ2v) is 14.0. The minimum Gasteiger partial charge on any atom is -0.490 e. The maximum atomic E-state index is 13.7. The Morgan fingerprint density at radius 1 is 0.510 bits per heavy atom. The van der Waals surface area contributed by atoms with Gasteiger partial charge in [-0.25, -0.2) is 0 Å². The van der Waals surface area contributed by atoms with Gasteiger partial charge in [0.1, 0.15) is 12.1 Å². The molecule has 7 rings (SSSR count). The first kappa shape index (κ1) is 34.7. The summed E-state index contributed by atoms with van der Waals surface area (Å²) in [6.45, 7) is 2.60. The molecule has 2 atom stereocenters. The van der Waals surface area contributed by atoms with Crippen molar-refractivity contribution in [2.45, 2.75) is 82.7 Å². The summed E-state index contributed by atoms with van der Waals surface area (Å²) in [5.74, 6) is 1.35. The van der Waals surface area contributed by atoms with Crippen LogP contribution in [0.25, 0.3) is 0 Å². The zero-order valence-corrected chi connectivity index (χ0v) is 29.7. The molecule has 2 aromatic carbocycles. The molecule has 12 nitrogen and oxygen atoms in total. The Morgan fingerprint density at radius 2 is 0.902 bits per heavy atom. The van der Waals surface area contributed by atoms with Gasteiger partial charge in [-0.05, 0) is 76.3 Å². The van der Waals surface area contributed by atoms with Gasteiger partial charge in [-0.2, -0.15) is 0 Å². The Balaban J connectivity index is 1.13. The van der Waals surface area contributed by atoms with Gasteiger partial charge in [0, 0.05) is 45.7 Å². The van der Waals surface area contributed by atoms with Crippen molar-refractivity contribution < 1.29 is 38.1 Å². The van der Waals surface area contributed by atoms with E-state index in [-0.39, 0.29) is 36.8 Å². The van der Waals surface area contributed by atoms with Crippen molar-refractivity contribution in [3.8, 4) is 23.0 Å². The molecule has 0 radical (unpaired) electrons. The van der Waals surface area contributed by atoms with Crippen LogP contribution in [0.2, 0.25) is 0 Å². The maximum Gasteiger partial charge on any atom is 0.256 e. The highest BCUT2D eigenvalue weighted by Gasteiger charge is 2.43. The van der Waals surface area contributed by atoms with E-state index in [1.54, 1.807) is 58.0 Å². The number of carbonyl (C=O) groups is 4. The van der Waals surface area contributed by atoms with Gasteiger partial charge in [0.2, 0.25) is 11.8 Å². The fraction of sp³-hybridized carbons (Fsp3) is 0.538. The lowest BCUT2D eigenvalue weighted by molar-refractivity contribution is -0.122. The van der Waals surface area contributed by atoms with E-state index < -0.39 is 12.1 Å². The number of hydrogen-bond donors (Lipinski definition) is 0. The van der Waals surface area contributed by atoms with Crippen LogP contribution in [0, 0.1) is 0 Å². The molecule has 0 bridgehead atoms. The van der Waals surface area contributed by atoms with E-state index in [9.17, 15) is 19.2 Å². The van der Waals surface area contributed by atoms with Gasteiger partial charge >= 0.3 is 0 Å². The number of benzene rings is 2. The molecule has 0 spiro atoms. The van der Waals surface area contributed by atoms with Crippen LogP contribution >= 0.6 is 0 Å². The number of amides is 4. The first-order valence-electron chi connectivity index (χ1n) is 18.5. The second kappa shape index (κ2) is 15.2. The molecule has 12 heteroatoms. The van der Waals surface area contributed by atoms with E-state index in [4.69, 9.17) is 18.9 Å². The topological polar surface area (TPSA) is 118 Å². The Hall–Kier alpha value is -4.74. The molecule has 0 aliphatic carbocycles. The lowest BCUT2D eigenvalue weighted by atomic mass is 10.1. The third kappa shape index (κ3) is 6.97. The largest absolute Gasteiger partial charge is 0.490 e. The molecule has 0 saturated carbocycles. The summed E-state index contributed by atoms with van der Waals surface area (Å²) < 4.78 is 25.0. The van der Waals surface area contributed by atoms with Gasteiger partial charge in [0.25, 0.3) is 11.8 Å². The van der Waals surface area contributed by atoms with Crippen molar-refractivity contribution in [2.75, 3.05) is 63.4 Å². The molecule has 2 saturated heterocycles. The van der Waals surface area contributed by atoms with Gasteiger partial charge in [-0.15, -0.1) is 0 Å². The predicted octanol–water partition coefficient (Wildman–Crippen LogP) is 5.36. The minimum absolute atomic E-state index is 0.0992. The molecular formula is C39H48N4O8. The van der Waals surface area contributed by atoms with Crippen molar-refractivity contribution in [2.24, 2.45) is 0 Å². The number of rotatable bonds is 0. The zero-order valence-electron chi connectivity index (χ0n) is 29.7. The number of hydrogen-bond acceptors (Lipinski definition) is 8. The average Bonchev–Trinajstić information content (AvgIpc) is 3.82. The molecule has 4 amide bonds. The van der Waals surface area contributed by atoms with E-state index >= 15 is 0 Å². The molecule has 0 N–H and O–H groups in total. The minimum atomic E-state index is -0.454. The second-order valence-electron chi connectivity index (χ2n) is 14.0. The van der Waals surface area contributed by atoms with Crippen molar-refractivity contribution in [3.63, 3.8) is 0 Å². The van der Waals surface area contributed by atoms with Crippen LogP contribution in [0.3, 0.4) is 0 Å². The van der Waals surface area contributed by atoms with Crippen molar-refractivity contribution in [1.82, 2.24) is 9.80 Å². The number of ether oxygens (including phenoxy) is 4. The smallest absolute Gasteiger partial charge is 0.256 e. The first-order valence-corrected chi connectivity index (χ1v) is 18.5. The van der Waals surface area contributed by atoms with Gasteiger partial charge in [-0.1, -0.05) is 12.2 Å². The normalized spacial score (nSPS) is 24.1. The molecule has 5 heterocycles. The van der Waals surface area contributed by atoms with Crippen LogP contribution in [-0.4, -0.2) is 99.1 Å². The van der Waals surface area contributed by atoms with E-state index in [0.29, 0.717) is 91.1 Å². The van der Waals surface area contributed by atoms with Crippen LogP contribution in [0.5, 0.6) is 23.0 Å². The van der Waals surface area contributed by atoms with Crippen molar-refractivity contribution in [1.29, 1.82) is 0 Å². The SMILES string of the molecule is CN1C(=O)C2CCCN2C(=O)c2cc3c(cc21)OCCCOc1cc2c(cc1OCCCC/C=C/CCCCO3)C(=O)N1CCC[C@H]1C(=O)N2C. The van der Waals surface area contributed by atoms with Gasteiger partial charge in [-0.3, -0.25) is 19.2 Å². The highest BCUT2D eigenvalue weighted by atomic mass is 16.5. The molecule has 5 aliphatic heterocycles. The van der Waals surface area contributed by atoms with E-state index in [2.05, 4.69) is 12.2 Å². The fourth-order valence-electron chi connectivity index (χ4n) is 7.73. The summed E-state index contributed by atoms with van der Waals surface area (Å²) in [6, 6.07) is 6.04. The molecule has 51 heavy (non-hydrogen) atoms. The highest BCUT2D eigenvalue weighted by molar-refractivity contribution is 6.12. The zero-order chi connectivity index (χ0) is 35.5. The highest BCUT2D eigenvalue weighted by Crippen LogP contribution is 2.41. The number of carbonyl (C=O) groups excluding carboxylic acids is 4. The van der Waals surface area contributed by atoms with E-state index in [0.717, 1.165) is 51.4 Å². The lowest BCUT2D eigenvalue weighted by Gasteiger charge is -2.22. The summed E-state index contributed by atoms with van der Waals surface area (Å²) in [5.41, 5.74) is 1.89. The van der Waals surface area contributed by atoms with Crippen LogP contribution in [0.1, 0.15) is 91.3 Å². The van der Waals surface area contributed by atoms with Gasteiger partial charge in [0.15, 0.2) is 23.0 Å². The molecule has 2 aromatic rings. The lowest BCUT2D eigenvalue weighted by Crippen LogP contribution is -2.43. The first-order chi connectivity index (χ1) is 24.8. The Morgan fingerprint density at radius 3 is 1.33 bits per heavy atom. The average molecular weight is 701 g/mol. The molecule has 1 unspecified atom stereocenters. The van der Waals surface area contributed by atoms with E-state index in [1.165, 1.54) is 0 Å². The van der Waals surface area contributed by atoms with Gasteiger partial charge < -0.3 is 38.5 Å². The molecular weight excluding hydrogens is 652 g/mol. The van der Waals surface area contributed by atoms with Crippen LogP contribution in [0.4, 0.5) is 11.4 Å². The molecule has 272 valence electrons. The van der Waals surface area contributed by atoms with E-state index in [1.807, 2.05) is 0 Å². The third-order valence-corrected chi connectivity index (χ3v) is 10.6.